The number of amides is 1. The summed E-state index contributed by atoms with van der Waals surface area (Å²) in [7, 11) is -2.73. The molecule has 0 bridgehead atoms. The van der Waals surface area contributed by atoms with Crippen LogP contribution in [0, 0.1) is 9.39 Å². The van der Waals surface area contributed by atoms with E-state index in [4.69, 9.17) is 9.47 Å². The van der Waals surface area contributed by atoms with Gasteiger partial charge in [-0.2, -0.15) is 0 Å². The maximum Gasteiger partial charge on any atom is 0.410 e. The first-order valence-corrected chi connectivity index (χ1v) is 12.6. The first kappa shape index (κ1) is 24.6. The Hall–Kier alpha value is -2.08. The third-order valence-corrected chi connectivity index (χ3v) is 6.97. The molecule has 3 rings (SSSR count). The van der Waals surface area contributed by atoms with Crippen molar-refractivity contribution in [2.75, 3.05) is 24.9 Å². The molecule has 0 radical (unpaired) electrons. The molecule has 0 spiro atoms. The number of hydrogen-bond donors (Lipinski definition) is 1. The Labute approximate surface area is 201 Å². The van der Waals surface area contributed by atoms with Crippen molar-refractivity contribution in [3.63, 3.8) is 0 Å². The van der Waals surface area contributed by atoms with Gasteiger partial charge in [0.1, 0.15) is 22.1 Å². The summed E-state index contributed by atoms with van der Waals surface area (Å²) in [4.78, 5) is 13.7. The summed E-state index contributed by atoms with van der Waals surface area (Å²) < 4.78 is 53.9. The van der Waals surface area contributed by atoms with Gasteiger partial charge in [-0.3, -0.25) is 4.72 Å². The fraction of sp³-hybridized carbons (Fsp3) is 0.409. The van der Waals surface area contributed by atoms with Gasteiger partial charge < -0.3 is 14.4 Å². The van der Waals surface area contributed by atoms with Crippen molar-refractivity contribution in [1.82, 2.24) is 4.90 Å². The van der Waals surface area contributed by atoms with Crippen molar-refractivity contribution in [3.05, 3.63) is 50.8 Å². The van der Waals surface area contributed by atoms with E-state index in [2.05, 4.69) is 4.72 Å². The van der Waals surface area contributed by atoms with Crippen LogP contribution in [0.2, 0.25) is 0 Å². The zero-order valence-electron chi connectivity index (χ0n) is 18.4. The summed E-state index contributed by atoms with van der Waals surface area (Å²) in [6.07, 6.45) is 0.710. The first-order valence-electron chi connectivity index (χ1n) is 10.1. The SMILES string of the molecule is COc1cc2c(cc1NS(=O)(=O)c1ccc(I)cc1F)CCN(C(=O)OC(C)(C)C)CC2. The molecule has 1 N–H and O–H groups in total. The van der Waals surface area contributed by atoms with E-state index in [1.54, 1.807) is 17.0 Å². The van der Waals surface area contributed by atoms with Crippen molar-refractivity contribution >= 4 is 44.4 Å². The minimum absolute atomic E-state index is 0.218. The second kappa shape index (κ2) is 9.42. The molecular weight excluding hydrogens is 550 g/mol. The molecule has 0 saturated heterocycles. The van der Waals surface area contributed by atoms with E-state index in [0.717, 1.165) is 17.2 Å². The Bertz CT molecular complexity index is 1130. The molecular formula is C22H26FIN2O5S. The number of hydrogen-bond acceptors (Lipinski definition) is 5. The lowest BCUT2D eigenvalue weighted by molar-refractivity contribution is 0.0258. The monoisotopic (exact) mass is 576 g/mol. The van der Waals surface area contributed by atoms with Crippen LogP contribution in [-0.2, 0) is 27.6 Å². The van der Waals surface area contributed by atoms with Gasteiger partial charge in [0.25, 0.3) is 10.0 Å². The summed E-state index contributed by atoms with van der Waals surface area (Å²) in [5, 5.41) is 0. The van der Waals surface area contributed by atoms with E-state index in [1.165, 1.54) is 19.2 Å². The number of rotatable bonds is 4. The van der Waals surface area contributed by atoms with E-state index in [-0.39, 0.29) is 11.8 Å². The van der Waals surface area contributed by atoms with Crippen LogP contribution < -0.4 is 9.46 Å². The Kier molecular flexibility index (Phi) is 7.23. The molecule has 0 aromatic heterocycles. The molecule has 1 heterocycles. The van der Waals surface area contributed by atoms with Crippen molar-refractivity contribution < 1.29 is 27.1 Å². The van der Waals surface area contributed by atoms with E-state index in [9.17, 15) is 17.6 Å². The van der Waals surface area contributed by atoms with Gasteiger partial charge in [0, 0.05) is 16.7 Å². The number of methoxy groups -OCH3 is 1. The standard InChI is InChI=1S/C22H26FIN2O5S/c1-22(2,3)31-21(27)26-9-7-14-11-18(19(30-4)12-15(14)8-10-26)25-32(28,29)20-6-5-16(24)13-17(20)23/h5-6,11-13,25H,7-10H2,1-4H3. The Morgan fingerprint density at radius 2 is 1.75 bits per heavy atom. The fourth-order valence-corrected chi connectivity index (χ4v) is 4.98. The van der Waals surface area contributed by atoms with Gasteiger partial charge >= 0.3 is 6.09 Å². The van der Waals surface area contributed by atoms with Crippen LogP contribution in [-0.4, -0.2) is 45.2 Å². The second-order valence-electron chi connectivity index (χ2n) is 8.47. The normalized spacial score (nSPS) is 14.4. The number of anilines is 1. The Balaban J connectivity index is 1.86. The molecule has 0 fully saturated rings. The highest BCUT2D eigenvalue weighted by atomic mass is 127. The molecule has 2 aromatic carbocycles. The van der Waals surface area contributed by atoms with Crippen LogP contribution in [0.5, 0.6) is 5.75 Å². The van der Waals surface area contributed by atoms with Crippen LogP contribution in [0.4, 0.5) is 14.9 Å². The number of nitrogens with one attached hydrogen (secondary N) is 1. The maximum absolute atomic E-state index is 14.3. The smallest absolute Gasteiger partial charge is 0.410 e. The molecule has 0 saturated carbocycles. The quantitative estimate of drug-likeness (QED) is 0.540. The number of ether oxygens (including phenoxy) is 2. The molecule has 32 heavy (non-hydrogen) atoms. The number of fused-ring (bicyclic) bond motifs is 1. The largest absolute Gasteiger partial charge is 0.495 e. The lowest BCUT2D eigenvalue weighted by Crippen LogP contribution is -2.38. The summed E-state index contributed by atoms with van der Waals surface area (Å²) in [5.41, 5.74) is 1.47. The van der Waals surface area contributed by atoms with Gasteiger partial charge in [0.05, 0.1) is 12.8 Å². The van der Waals surface area contributed by atoms with Crippen molar-refractivity contribution in [2.45, 2.75) is 44.1 Å². The number of sulfonamides is 1. The topological polar surface area (TPSA) is 84.9 Å². The number of carbonyl (C=O) groups is 1. The van der Waals surface area contributed by atoms with Crippen LogP contribution in [0.1, 0.15) is 31.9 Å². The van der Waals surface area contributed by atoms with Gasteiger partial charge in [-0.15, -0.1) is 0 Å². The van der Waals surface area contributed by atoms with Gasteiger partial charge in [0.2, 0.25) is 0 Å². The number of benzene rings is 2. The molecule has 7 nitrogen and oxygen atoms in total. The van der Waals surface area contributed by atoms with Crippen LogP contribution >= 0.6 is 22.6 Å². The van der Waals surface area contributed by atoms with Gasteiger partial charge in [0.15, 0.2) is 0 Å². The number of nitrogens with zero attached hydrogens (tertiary/aromatic N) is 1. The Morgan fingerprint density at radius 3 is 2.31 bits per heavy atom. The summed E-state index contributed by atoms with van der Waals surface area (Å²) in [6, 6.07) is 7.37. The average Bonchev–Trinajstić information content (AvgIpc) is 2.87. The minimum atomic E-state index is -4.17. The first-order chi connectivity index (χ1) is 14.9. The predicted molar refractivity (Wildman–Crippen MR) is 128 cm³/mol. The lowest BCUT2D eigenvalue weighted by atomic mass is 10.0. The molecule has 0 aliphatic carbocycles. The van der Waals surface area contributed by atoms with Gasteiger partial charge in [-0.25, -0.2) is 17.6 Å². The third kappa shape index (κ3) is 5.83. The highest BCUT2D eigenvalue weighted by molar-refractivity contribution is 14.1. The van der Waals surface area contributed by atoms with Crippen molar-refractivity contribution in [3.8, 4) is 5.75 Å². The highest BCUT2D eigenvalue weighted by Gasteiger charge is 2.26. The molecule has 0 unspecified atom stereocenters. The van der Waals surface area contributed by atoms with E-state index in [0.29, 0.717) is 35.3 Å². The fourth-order valence-electron chi connectivity index (χ4n) is 3.41. The van der Waals surface area contributed by atoms with Crippen LogP contribution in [0.25, 0.3) is 0 Å². The zero-order valence-corrected chi connectivity index (χ0v) is 21.3. The third-order valence-electron chi connectivity index (χ3n) is 4.90. The molecule has 1 aliphatic heterocycles. The molecule has 1 amide bonds. The summed E-state index contributed by atoms with van der Waals surface area (Å²) in [5.74, 6) is -0.505. The minimum Gasteiger partial charge on any atom is -0.495 e. The van der Waals surface area contributed by atoms with Crippen molar-refractivity contribution in [2.24, 2.45) is 0 Å². The van der Waals surface area contributed by atoms with E-state index < -0.39 is 26.3 Å². The Morgan fingerprint density at radius 1 is 1.12 bits per heavy atom. The van der Waals surface area contributed by atoms with Crippen LogP contribution in [0.3, 0.4) is 0 Å². The van der Waals surface area contributed by atoms with Gasteiger partial charge in [-0.05, 0) is 97.7 Å². The van der Waals surface area contributed by atoms with E-state index >= 15 is 0 Å². The van der Waals surface area contributed by atoms with Gasteiger partial charge in [-0.1, -0.05) is 0 Å². The molecule has 1 aliphatic rings. The molecule has 174 valence electrons. The van der Waals surface area contributed by atoms with Crippen LogP contribution in [0.15, 0.2) is 35.2 Å². The predicted octanol–water partition coefficient (Wildman–Crippen LogP) is 4.58. The van der Waals surface area contributed by atoms with E-state index in [1.807, 2.05) is 43.4 Å². The number of carbonyl (C=O) groups excluding carboxylic acids is 1. The highest BCUT2D eigenvalue weighted by Crippen LogP contribution is 2.33. The average molecular weight is 576 g/mol. The maximum atomic E-state index is 14.3. The second-order valence-corrected chi connectivity index (χ2v) is 11.4. The zero-order chi connectivity index (χ0) is 23.7. The molecule has 0 atom stereocenters. The summed E-state index contributed by atoms with van der Waals surface area (Å²) >= 11 is 1.91. The summed E-state index contributed by atoms with van der Waals surface area (Å²) in [6.45, 7) is 6.36. The molecule has 10 heteroatoms. The van der Waals surface area contributed by atoms with Crippen molar-refractivity contribution in [1.29, 1.82) is 0 Å². The lowest BCUT2D eigenvalue weighted by Gasteiger charge is -2.26. The number of halogens is 2. The molecule has 2 aromatic rings.